The number of hydrogen-bond acceptors (Lipinski definition) is 3. The summed E-state index contributed by atoms with van der Waals surface area (Å²) in [6.45, 7) is 1.42. The van der Waals surface area contributed by atoms with E-state index in [9.17, 15) is 18.0 Å². The minimum Gasteiger partial charge on any atom is -0.451 e. The van der Waals surface area contributed by atoms with Gasteiger partial charge in [0.2, 0.25) is 0 Å². The van der Waals surface area contributed by atoms with Crippen molar-refractivity contribution in [3.8, 4) is 11.3 Å². The molecule has 1 amide bonds. The van der Waals surface area contributed by atoms with E-state index < -0.39 is 11.7 Å². The van der Waals surface area contributed by atoms with Gasteiger partial charge in [-0.3, -0.25) is 4.79 Å². The third-order valence-electron chi connectivity index (χ3n) is 4.61. The van der Waals surface area contributed by atoms with Gasteiger partial charge in [-0.1, -0.05) is 12.1 Å². The molecule has 7 heteroatoms. The number of carbonyl (C=O) groups excluding carboxylic acids is 1. The molecule has 2 aliphatic rings. The number of rotatable bonds is 2. The van der Waals surface area contributed by atoms with Crippen LogP contribution >= 0.6 is 0 Å². The van der Waals surface area contributed by atoms with Gasteiger partial charge in [0, 0.05) is 30.7 Å². The molecule has 2 saturated heterocycles. The van der Waals surface area contributed by atoms with Crippen LogP contribution in [0.1, 0.15) is 22.5 Å². The van der Waals surface area contributed by atoms with E-state index in [0.29, 0.717) is 18.2 Å². The van der Waals surface area contributed by atoms with Crippen molar-refractivity contribution in [3.05, 3.63) is 47.7 Å². The van der Waals surface area contributed by atoms with Crippen LogP contribution in [0.25, 0.3) is 11.3 Å². The summed E-state index contributed by atoms with van der Waals surface area (Å²) in [4.78, 5) is 14.3. The lowest BCUT2D eigenvalue weighted by Crippen LogP contribution is -2.46. The Balaban J connectivity index is 1.58. The van der Waals surface area contributed by atoms with Gasteiger partial charge in [0.05, 0.1) is 5.56 Å². The van der Waals surface area contributed by atoms with Gasteiger partial charge in [0.25, 0.3) is 5.91 Å². The number of piperazine rings is 1. The maximum atomic E-state index is 12.8. The first-order chi connectivity index (χ1) is 11.4. The van der Waals surface area contributed by atoms with Gasteiger partial charge in [0.15, 0.2) is 5.76 Å². The second kappa shape index (κ2) is 5.37. The number of halogens is 3. The molecule has 2 atom stereocenters. The zero-order chi connectivity index (χ0) is 16.9. The Hall–Kier alpha value is -2.28. The van der Waals surface area contributed by atoms with Crippen LogP contribution in [0.2, 0.25) is 0 Å². The molecule has 2 fully saturated rings. The summed E-state index contributed by atoms with van der Waals surface area (Å²) in [5.41, 5.74) is -0.444. The van der Waals surface area contributed by atoms with E-state index in [0.717, 1.165) is 25.1 Å². The Bertz CT molecular complexity index is 784. The molecular formula is C17H15F3N2O2. The minimum absolute atomic E-state index is 0.162. The molecule has 1 N–H and O–H groups in total. The van der Waals surface area contributed by atoms with Crippen LogP contribution in [0.3, 0.4) is 0 Å². The van der Waals surface area contributed by atoms with Crippen LogP contribution < -0.4 is 5.32 Å². The standard InChI is InChI=1S/C17H15F3N2O2/c18-17(19,20)11-3-1-2-10(6-11)14-4-5-15(24-14)16(23)22-9-12-7-13(22)8-21-12/h1-6,12-13,21H,7-9H2/t12-,13-/m1/s1. The van der Waals surface area contributed by atoms with Gasteiger partial charge in [-0.15, -0.1) is 0 Å². The highest BCUT2D eigenvalue weighted by Gasteiger charge is 2.41. The van der Waals surface area contributed by atoms with E-state index in [1.165, 1.54) is 24.3 Å². The quantitative estimate of drug-likeness (QED) is 0.916. The summed E-state index contributed by atoms with van der Waals surface area (Å²) < 4.78 is 44.0. The van der Waals surface area contributed by atoms with E-state index >= 15 is 0 Å². The average Bonchev–Trinajstić information content (AvgIpc) is 3.29. The molecule has 3 heterocycles. The maximum absolute atomic E-state index is 12.8. The predicted molar refractivity (Wildman–Crippen MR) is 80.4 cm³/mol. The molecule has 2 aliphatic heterocycles. The molecule has 1 aromatic heterocycles. The summed E-state index contributed by atoms with van der Waals surface area (Å²) in [7, 11) is 0. The molecule has 4 rings (SSSR count). The summed E-state index contributed by atoms with van der Waals surface area (Å²) in [5.74, 6) is 0.212. The molecule has 0 radical (unpaired) electrons. The second-order valence-electron chi connectivity index (χ2n) is 6.19. The van der Waals surface area contributed by atoms with Crippen molar-refractivity contribution in [2.75, 3.05) is 13.1 Å². The van der Waals surface area contributed by atoms with E-state index in [1.54, 1.807) is 4.90 Å². The summed E-state index contributed by atoms with van der Waals surface area (Å²) in [6, 6.07) is 8.45. The number of benzene rings is 1. The Morgan fingerprint density at radius 1 is 1.25 bits per heavy atom. The Morgan fingerprint density at radius 2 is 2.08 bits per heavy atom. The molecule has 1 aromatic carbocycles. The highest BCUT2D eigenvalue weighted by molar-refractivity contribution is 5.92. The Kier molecular flexibility index (Phi) is 3.42. The third kappa shape index (κ3) is 2.58. The number of hydrogen-bond donors (Lipinski definition) is 1. The second-order valence-corrected chi connectivity index (χ2v) is 6.19. The fraction of sp³-hybridized carbons (Fsp3) is 0.353. The molecule has 4 nitrogen and oxygen atoms in total. The lowest BCUT2D eigenvalue weighted by Gasteiger charge is -2.26. The van der Waals surface area contributed by atoms with Gasteiger partial charge in [-0.25, -0.2) is 0 Å². The molecule has 126 valence electrons. The zero-order valence-electron chi connectivity index (χ0n) is 12.6. The number of nitrogens with zero attached hydrogens (tertiary/aromatic N) is 1. The van der Waals surface area contributed by atoms with Crippen LogP contribution in [0, 0.1) is 0 Å². The first-order valence-corrected chi connectivity index (χ1v) is 7.73. The predicted octanol–water partition coefficient (Wildman–Crippen LogP) is 3.15. The van der Waals surface area contributed by atoms with Gasteiger partial charge in [-0.05, 0) is 30.7 Å². The van der Waals surface area contributed by atoms with Crippen molar-refractivity contribution in [2.24, 2.45) is 0 Å². The van der Waals surface area contributed by atoms with Gasteiger partial charge < -0.3 is 14.6 Å². The lowest BCUT2D eigenvalue weighted by molar-refractivity contribution is -0.137. The fourth-order valence-electron chi connectivity index (χ4n) is 3.41. The van der Waals surface area contributed by atoms with Crippen LogP contribution in [-0.4, -0.2) is 36.0 Å². The monoisotopic (exact) mass is 336 g/mol. The molecule has 24 heavy (non-hydrogen) atoms. The minimum atomic E-state index is -4.41. The number of nitrogens with one attached hydrogen (secondary N) is 1. The van der Waals surface area contributed by atoms with Crippen molar-refractivity contribution >= 4 is 5.91 Å². The van der Waals surface area contributed by atoms with Crippen molar-refractivity contribution in [1.82, 2.24) is 10.2 Å². The molecule has 0 saturated carbocycles. The molecular weight excluding hydrogens is 321 g/mol. The fourth-order valence-corrected chi connectivity index (χ4v) is 3.41. The zero-order valence-corrected chi connectivity index (χ0v) is 12.6. The van der Waals surface area contributed by atoms with E-state index in [4.69, 9.17) is 4.42 Å². The van der Waals surface area contributed by atoms with E-state index in [-0.39, 0.29) is 23.5 Å². The highest BCUT2D eigenvalue weighted by atomic mass is 19.4. The van der Waals surface area contributed by atoms with Gasteiger partial charge >= 0.3 is 6.18 Å². The van der Waals surface area contributed by atoms with Crippen molar-refractivity contribution < 1.29 is 22.4 Å². The molecule has 0 unspecified atom stereocenters. The van der Waals surface area contributed by atoms with E-state index in [1.807, 2.05) is 0 Å². The van der Waals surface area contributed by atoms with Gasteiger partial charge in [0.1, 0.15) is 5.76 Å². The number of carbonyl (C=O) groups is 1. The average molecular weight is 336 g/mol. The molecule has 0 spiro atoms. The van der Waals surface area contributed by atoms with Crippen molar-refractivity contribution in [1.29, 1.82) is 0 Å². The van der Waals surface area contributed by atoms with Crippen molar-refractivity contribution in [3.63, 3.8) is 0 Å². The smallest absolute Gasteiger partial charge is 0.416 e. The molecule has 0 aliphatic carbocycles. The van der Waals surface area contributed by atoms with Crippen LogP contribution in [0.5, 0.6) is 0 Å². The Labute approximate surface area is 136 Å². The topological polar surface area (TPSA) is 45.5 Å². The Morgan fingerprint density at radius 3 is 2.75 bits per heavy atom. The van der Waals surface area contributed by atoms with Crippen LogP contribution in [-0.2, 0) is 6.18 Å². The van der Waals surface area contributed by atoms with Crippen molar-refractivity contribution in [2.45, 2.75) is 24.7 Å². The summed E-state index contributed by atoms with van der Waals surface area (Å²) in [6.07, 6.45) is -3.48. The van der Waals surface area contributed by atoms with Crippen LogP contribution in [0.15, 0.2) is 40.8 Å². The largest absolute Gasteiger partial charge is 0.451 e. The SMILES string of the molecule is O=C(c1ccc(-c2cccc(C(F)(F)F)c2)o1)N1C[C@H]2C[C@@H]1CN2. The summed E-state index contributed by atoms with van der Waals surface area (Å²) >= 11 is 0. The summed E-state index contributed by atoms with van der Waals surface area (Å²) in [5, 5.41) is 3.31. The number of likely N-dealkylation sites (tertiary alicyclic amines) is 1. The number of amides is 1. The number of alkyl halides is 3. The first kappa shape index (κ1) is 15.3. The van der Waals surface area contributed by atoms with E-state index in [2.05, 4.69) is 5.32 Å². The normalized spacial score (nSPS) is 23.0. The number of fused-ring (bicyclic) bond motifs is 2. The highest BCUT2D eigenvalue weighted by Crippen LogP contribution is 2.33. The third-order valence-corrected chi connectivity index (χ3v) is 4.61. The molecule has 2 bridgehead atoms. The maximum Gasteiger partial charge on any atom is 0.416 e. The van der Waals surface area contributed by atoms with Gasteiger partial charge in [-0.2, -0.15) is 13.2 Å². The lowest BCUT2D eigenvalue weighted by atomic mass is 10.1. The first-order valence-electron chi connectivity index (χ1n) is 7.73. The number of furan rings is 1. The van der Waals surface area contributed by atoms with Crippen LogP contribution in [0.4, 0.5) is 13.2 Å². The molecule has 2 aromatic rings.